The highest BCUT2D eigenvalue weighted by Crippen LogP contribution is 2.49. The highest BCUT2D eigenvalue weighted by Gasteiger charge is 2.47. The SMILES string of the molecule is O=COC1(c2ccc(Cl)c(Cl)c2)CC1. The summed E-state index contributed by atoms with van der Waals surface area (Å²) in [6.45, 7) is 0.482. The average Bonchev–Trinajstić information content (AvgIpc) is 2.91. The maximum Gasteiger partial charge on any atom is 0.293 e. The van der Waals surface area contributed by atoms with Crippen LogP contribution in [0, 0.1) is 0 Å². The molecule has 0 amide bonds. The molecule has 2 nitrogen and oxygen atoms in total. The van der Waals surface area contributed by atoms with E-state index >= 15 is 0 Å². The lowest BCUT2D eigenvalue weighted by molar-refractivity contribution is -0.136. The van der Waals surface area contributed by atoms with Gasteiger partial charge in [-0.25, -0.2) is 0 Å². The summed E-state index contributed by atoms with van der Waals surface area (Å²) in [6, 6.07) is 5.30. The predicted molar refractivity (Wildman–Crippen MR) is 54.5 cm³/mol. The summed E-state index contributed by atoms with van der Waals surface area (Å²) in [4.78, 5) is 10.3. The van der Waals surface area contributed by atoms with Crippen LogP contribution in [-0.2, 0) is 15.1 Å². The van der Waals surface area contributed by atoms with E-state index in [0.29, 0.717) is 16.5 Å². The van der Waals surface area contributed by atoms with Crippen molar-refractivity contribution in [3.63, 3.8) is 0 Å². The summed E-state index contributed by atoms with van der Waals surface area (Å²) >= 11 is 11.7. The zero-order chi connectivity index (χ0) is 10.2. The van der Waals surface area contributed by atoms with Gasteiger partial charge < -0.3 is 4.74 Å². The molecule has 1 aliphatic rings. The number of carbonyl (C=O) groups excluding carboxylic acids is 1. The lowest BCUT2D eigenvalue weighted by Gasteiger charge is -2.13. The molecule has 1 fully saturated rings. The number of ether oxygens (including phenoxy) is 1. The van der Waals surface area contributed by atoms with Crippen LogP contribution in [0.5, 0.6) is 0 Å². The molecule has 14 heavy (non-hydrogen) atoms. The van der Waals surface area contributed by atoms with Crippen LogP contribution in [0.25, 0.3) is 0 Å². The first-order valence-corrected chi connectivity index (χ1v) is 5.00. The van der Waals surface area contributed by atoms with Gasteiger partial charge in [0.25, 0.3) is 6.47 Å². The minimum absolute atomic E-state index is 0.435. The molecule has 1 aromatic carbocycles. The third-order valence-corrected chi connectivity index (χ3v) is 3.16. The van der Waals surface area contributed by atoms with Gasteiger partial charge in [0.15, 0.2) is 0 Å². The lowest BCUT2D eigenvalue weighted by atomic mass is 10.1. The lowest BCUT2D eigenvalue weighted by Crippen LogP contribution is -2.10. The minimum atomic E-state index is -0.435. The second kappa shape index (κ2) is 3.44. The predicted octanol–water partition coefficient (Wildman–Crippen LogP) is 3.16. The molecular weight excluding hydrogens is 223 g/mol. The number of benzene rings is 1. The van der Waals surface area contributed by atoms with Gasteiger partial charge in [0.2, 0.25) is 0 Å². The molecule has 74 valence electrons. The first-order chi connectivity index (χ1) is 6.68. The molecule has 1 saturated carbocycles. The second-order valence-corrected chi connectivity index (χ2v) is 4.15. The van der Waals surface area contributed by atoms with Gasteiger partial charge in [-0.15, -0.1) is 0 Å². The number of rotatable bonds is 3. The summed E-state index contributed by atoms with van der Waals surface area (Å²) < 4.78 is 5.04. The van der Waals surface area contributed by atoms with E-state index in [1.807, 2.05) is 6.07 Å². The monoisotopic (exact) mass is 230 g/mol. The highest BCUT2D eigenvalue weighted by atomic mass is 35.5. The first-order valence-electron chi connectivity index (χ1n) is 4.25. The van der Waals surface area contributed by atoms with Gasteiger partial charge in [-0.1, -0.05) is 29.3 Å². The van der Waals surface area contributed by atoms with E-state index in [1.54, 1.807) is 12.1 Å². The number of carbonyl (C=O) groups is 1. The summed E-state index contributed by atoms with van der Waals surface area (Å²) in [6.07, 6.45) is 1.70. The molecule has 0 N–H and O–H groups in total. The summed E-state index contributed by atoms with van der Waals surface area (Å²) in [5, 5.41) is 1.00. The van der Waals surface area contributed by atoms with Crippen LogP contribution in [-0.4, -0.2) is 6.47 Å². The number of hydrogen-bond donors (Lipinski definition) is 0. The van der Waals surface area contributed by atoms with Crippen molar-refractivity contribution in [3.8, 4) is 0 Å². The van der Waals surface area contributed by atoms with E-state index in [-0.39, 0.29) is 0 Å². The van der Waals surface area contributed by atoms with Crippen LogP contribution in [0.15, 0.2) is 18.2 Å². The summed E-state index contributed by atoms with van der Waals surface area (Å²) in [5.74, 6) is 0. The largest absolute Gasteiger partial charge is 0.456 e. The molecule has 0 bridgehead atoms. The van der Waals surface area contributed by atoms with Gasteiger partial charge in [-0.3, -0.25) is 4.79 Å². The molecular formula is C10H8Cl2O2. The van der Waals surface area contributed by atoms with E-state index in [9.17, 15) is 4.79 Å². The quantitative estimate of drug-likeness (QED) is 0.747. The Bertz CT molecular complexity index is 372. The molecule has 0 aliphatic heterocycles. The van der Waals surface area contributed by atoms with Crippen molar-refractivity contribution < 1.29 is 9.53 Å². The molecule has 0 radical (unpaired) electrons. The zero-order valence-corrected chi connectivity index (χ0v) is 8.81. The Hall–Kier alpha value is -0.730. The minimum Gasteiger partial charge on any atom is -0.456 e. The van der Waals surface area contributed by atoms with E-state index in [2.05, 4.69) is 0 Å². The molecule has 0 aromatic heterocycles. The van der Waals surface area contributed by atoms with Gasteiger partial charge in [0.1, 0.15) is 5.60 Å². The van der Waals surface area contributed by atoms with Crippen LogP contribution in [0.2, 0.25) is 10.0 Å². The number of halogens is 2. The maximum atomic E-state index is 10.3. The smallest absolute Gasteiger partial charge is 0.293 e. The van der Waals surface area contributed by atoms with Crippen molar-refractivity contribution in [1.82, 2.24) is 0 Å². The maximum absolute atomic E-state index is 10.3. The van der Waals surface area contributed by atoms with Gasteiger partial charge in [-0.2, -0.15) is 0 Å². The molecule has 0 saturated heterocycles. The third-order valence-electron chi connectivity index (χ3n) is 2.42. The Labute approximate surface area is 91.8 Å². The third kappa shape index (κ3) is 1.60. The van der Waals surface area contributed by atoms with Crippen LogP contribution >= 0.6 is 23.2 Å². The van der Waals surface area contributed by atoms with Crippen molar-refractivity contribution in [2.75, 3.05) is 0 Å². The Morgan fingerprint density at radius 3 is 2.50 bits per heavy atom. The summed E-state index contributed by atoms with van der Waals surface area (Å²) in [5.41, 5.74) is 0.481. The fourth-order valence-corrected chi connectivity index (χ4v) is 1.76. The van der Waals surface area contributed by atoms with Gasteiger partial charge in [0, 0.05) is 0 Å². The van der Waals surface area contributed by atoms with Gasteiger partial charge in [-0.05, 0) is 30.5 Å². The molecule has 0 heterocycles. The van der Waals surface area contributed by atoms with Gasteiger partial charge >= 0.3 is 0 Å². The van der Waals surface area contributed by atoms with E-state index in [4.69, 9.17) is 27.9 Å². The van der Waals surface area contributed by atoms with Crippen LogP contribution < -0.4 is 0 Å². The topological polar surface area (TPSA) is 26.3 Å². The zero-order valence-electron chi connectivity index (χ0n) is 7.30. The molecule has 0 unspecified atom stereocenters. The normalized spacial score (nSPS) is 17.6. The Balaban J connectivity index is 2.33. The highest BCUT2D eigenvalue weighted by molar-refractivity contribution is 6.42. The van der Waals surface area contributed by atoms with Crippen molar-refractivity contribution in [1.29, 1.82) is 0 Å². The van der Waals surface area contributed by atoms with Gasteiger partial charge in [0.05, 0.1) is 10.0 Å². The van der Waals surface area contributed by atoms with Crippen molar-refractivity contribution >= 4 is 29.7 Å². The molecule has 4 heteroatoms. The Morgan fingerprint density at radius 2 is 2.00 bits per heavy atom. The molecule has 1 aromatic rings. The van der Waals surface area contributed by atoms with Crippen molar-refractivity contribution in [2.24, 2.45) is 0 Å². The van der Waals surface area contributed by atoms with Crippen LogP contribution in [0.4, 0.5) is 0 Å². The van der Waals surface area contributed by atoms with Crippen LogP contribution in [0.3, 0.4) is 0 Å². The van der Waals surface area contributed by atoms with Crippen molar-refractivity contribution in [3.05, 3.63) is 33.8 Å². The van der Waals surface area contributed by atoms with Crippen molar-refractivity contribution in [2.45, 2.75) is 18.4 Å². The second-order valence-electron chi connectivity index (χ2n) is 3.34. The van der Waals surface area contributed by atoms with E-state index in [0.717, 1.165) is 18.4 Å². The number of hydrogen-bond acceptors (Lipinski definition) is 2. The summed E-state index contributed by atoms with van der Waals surface area (Å²) in [7, 11) is 0. The first kappa shape index (κ1) is 9.81. The van der Waals surface area contributed by atoms with E-state index < -0.39 is 5.60 Å². The molecule has 0 spiro atoms. The fourth-order valence-electron chi connectivity index (χ4n) is 1.46. The molecule has 2 rings (SSSR count). The molecule has 1 aliphatic carbocycles. The Morgan fingerprint density at radius 1 is 1.29 bits per heavy atom. The Kier molecular flexibility index (Phi) is 2.41. The van der Waals surface area contributed by atoms with Crippen LogP contribution in [0.1, 0.15) is 18.4 Å². The van der Waals surface area contributed by atoms with E-state index in [1.165, 1.54) is 0 Å². The average molecular weight is 231 g/mol. The fraction of sp³-hybridized carbons (Fsp3) is 0.300. The molecule has 0 atom stereocenters. The standard InChI is InChI=1S/C10H8Cl2O2/c11-8-2-1-7(5-9(8)12)10(3-4-10)14-6-13/h1-2,5-6H,3-4H2.